The molecule has 0 N–H and O–H groups in total. The van der Waals surface area contributed by atoms with E-state index in [4.69, 9.17) is 39.1 Å². The van der Waals surface area contributed by atoms with Crippen LogP contribution < -0.4 is 18.9 Å². The highest BCUT2D eigenvalue weighted by atomic mass is 16.5. The highest BCUT2D eigenvalue weighted by Crippen LogP contribution is 2.47. The molecule has 10 nitrogen and oxygen atoms in total. The van der Waals surface area contributed by atoms with Crippen LogP contribution in [0, 0.1) is 23.7 Å². The minimum Gasteiger partial charge on any atom is -0.497 e. The molecule has 6 aliphatic rings. The average molecular weight is 779 g/mol. The van der Waals surface area contributed by atoms with Crippen LogP contribution in [0.2, 0.25) is 0 Å². The number of piperidine rings is 6. The second kappa shape index (κ2) is 15.6. The summed E-state index contributed by atoms with van der Waals surface area (Å²) in [7, 11) is 3.42. The molecule has 6 aromatic rings. The topological polar surface area (TPSA) is 95.0 Å². The molecule has 6 saturated heterocycles. The van der Waals surface area contributed by atoms with Gasteiger partial charge in [-0.25, -0.2) is 0 Å². The first-order valence-electron chi connectivity index (χ1n) is 21.5. The van der Waals surface area contributed by atoms with E-state index in [-0.39, 0.29) is 24.3 Å². The number of methoxy groups -OCH3 is 2. The molecule has 0 aliphatic carbocycles. The maximum absolute atomic E-state index is 7.30. The first kappa shape index (κ1) is 37.2. The van der Waals surface area contributed by atoms with Crippen LogP contribution in [0.4, 0.5) is 0 Å². The summed E-state index contributed by atoms with van der Waals surface area (Å²) in [5.41, 5.74) is 4.01. The van der Waals surface area contributed by atoms with E-state index in [1.54, 1.807) is 14.2 Å². The van der Waals surface area contributed by atoms with Crippen LogP contribution in [0.15, 0.2) is 85.2 Å². The predicted molar refractivity (Wildman–Crippen MR) is 227 cm³/mol. The van der Waals surface area contributed by atoms with E-state index in [0.717, 1.165) is 94.2 Å². The Hall–Kier alpha value is -5.06. The highest BCUT2D eigenvalue weighted by molar-refractivity contribution is 5.91. The van der Waals surface area contributed by atoms with E-state index in [1.807, 2.05) is 36.7 Å². The summed E-state index contributed by atoms with van der Waals surface area (Å²) in [5, 5.41) is 13.7. The van der Waals surface area contributed by atoms with E-state index < -0.39 is 0 Å². The lowest BCUT2D eigenvalue weighted by atomic mass is 9.72. The first-order valence-corrected chi connectivity index (χ1v) is 21.5. The Kier molecular flexibility index (Phi) is 10.0. The standard InChI is InChI=1S/C48H54N6O4/c1-5-29-27-53-21-17-31(29)23-43(53)45(35-15-19-49-41-13-11-33(55-3)25-39(35)41)57-47-37-9-7-8-10-38(37)48(52-51-47)58-46(44-24-32-18-22-54(44)28-30(32)6-2)36-16-20-50-42-14-12-34(56-4)26-40(36)42/h7-16,19-20,25-26,29-32,43-46H,5-6,17-18,21-24,27-28H2,1-4H3/t29-,30-,31+,32?,43+,44+,45-,46-/m0/s1. The Morgan fingerprint density at radius 3 is 1.47 bits per heavy atom. The molecular formula is C48H54N6O4. The molecule has 0 spiro atoms. The van der Waals surface area contributed by atoms with Gasteiger partial charge in [0.1, 0.15) is 23.7 Å². The smallest absolute Gasteiger partial charge is 0.242 e. The zero-order chi connectivity index (χ0) is 39.3. The molecule has 300 valence electrons. The van der Waals surface area contributed by atoms with Crippen LogP contribution in [0.5, 0.6) is 23.3 Å². The number of fused-ring (bicyclic) bond motifs is 9. The van der Waals surface area contributed by atoms with Gasteiger partial charge < -0.3 is 18.9 Å². The van der Waals surface area contributed by atoms with E-state index in [0.29, 0.717) is 35.4 Å². The van der Waals surface area contributed by atoms with Gasteiger partial charge >= 0.3 is 0 Å². The van der Waals surface area contributed by atoms with Crippen LogP contribution in [0.1, 0.15) is 75.7 Å². The van der Waals surface area contributed by atoms with Crippen molar-refractivity contribution in [3.63, 3.8) is 0 Å². The fourth-order valence-electron chi connectivity index (χ4n) is 11.1. The Morgan fingerprint density at radius 1 is 0.603 bits per heavy atom. The third-order valence-corrected chi connectivity index (χ3v) is 14.3. The third kappa shape index (κ3) is 6.58. The van der Waals surface area contributed by atoms with Crippen molar-refractivity contribution in [3.8, 4) is 23.3 Å². The Bertz CT molecular complexity index is 2280. The molecule has 4 bridgehead atoms. The minimum atomic E-state index is -0.300. The average Bonchev–Trinajstić information content (AvgIpc) is 3.29. The van der Waals surface area contributed by atoms with Gasteiger partial charge in [-0.2, -0.15) is 0 Å². The summed E-state index contributed by atoms with van der Waals surface area (Å²) >= 11 is 0. The summed E-state index contributed by atoms with van der Waals surface area (Å²) in [4.78, 5) is 14.8. The second-order valence-corrected chi connectivity index (χ2v) is 17.0. The van der Waals surface area contributed by atoms with Crippen molar-refractivity contribution in [1.82, 2.24) is 30.0 Å². The summed E-state index contributed by atoms with van der Waals surface area (Å²) in [5.74, 6) is 5.39. The maximum atomic E-state index is 7.30. The molecular weight excluding hydrogens is 725 g/mol. The number of pyridine rings is 2. The van der Waals surface area contributed by atoms with Crippen molar-refractivity contribution < 1.29 is 18.9 Å². The number of hydrogen-bond donors (Lipinski definition) is 0. The van der Waals surface area contributed by atoms with E-state index in [9.17, 15) is 0 Å². The van der Waals surface area contributed by atoms with Gasteiger partial charge in [0, 0.05) is 47.4 Å². The van der Waals surface area contributed by atoms with Gasteiger partial charge in [0.25, 0.3) is 0 Å². The number of rotatable bonds is 12. The van der Waals surface area contributed by atoms with Crippen LogP contribution in [0.25, 0.3) is 32.6 Å². The molecule has 3 unspecified atom stereocenters. The summed E-state index contributed by atoms with van der Waals surface area (Å²) < 4.78 is 26.0. The lowest BCUT2D eigenvalue weighted by Crippen LogP contribution is -2.56. The molecule has 58 heavy (non-hydrogen) atoms. The quantitative estimate of drug-likeness (QED) is 0.120. The lowest BCUT2D eigenvalue weighted by molar-refractivity contribution is -0.0505. The molecule has 10 atom stereocenters. The molecule has 6 aliphatic heterocycles. The molecule has 0 radical (unpaired) electrons. The largest absolute Gasteiger partial charge is 0.497 e. The van der Waals surface area contributed by atoms with E-state index in [1.165, 1.54) is 25.7 Å². The normalized spacial score (nSPS) is 27.4. The number of nitrogens with zero attached hydrogens (tertiary/aromatic N) is 6. The van der Waals surface area contributed by atoms with Crippen molar-refractivity contribution >= 4 is 32.6 Å². The number of aromatic nitrogens is 4. The zero-order valence-electron chi connectivity index (χ0n) is 34.1. The van der Waals surface area contributed by atoms with Crippen LogP contribution in [-0.4, -0.2) is 82.4 Å². The van der Waals surface area contributed by atoms with Crippen LogP contribution in [-0.2, 0) is 0 Å². The highest BCUT2D eigenvalue weighted by Gasteiger charge is 2.46. The molecule has 9 heterocycles. The van der Waals surface area contributed by atoms with Crippen molar-refractivity contribution in [2.24, 2.45) is 23.7 Å². The zero-order valence-corrected chi connectivity index (χ0v) is 34.1. The molecule has 10 heteroatoms. The van der Waals surface area contributed by atoms with Crippen molar-refractivity contribution in [3.05, 3.63) is 96.3 Å². The number of benzene rings is 3. The third-order valence-electron chi connectivity index (χ3n) is 14.3. The fourth-order valence-corrected chi connectivity index (χ4v) is 11.1. The minimum absolute atomic E-state index is 0.180. The van der Waals surface area contributed by atoms with Gasteiger partial charge in [0.05, 0.1) is 48.1 Å². The monoisotopic (exact) mass is 778 g/mol. The molecule has 0 amide bonds. The van der Waals surface area contributed by atoms with Gasteiger partial charge in [-0.15, -0.1) is 10.2 Å². The predicted octanol–water partition coefficient (Wildman–Crippen LogP) is 9.22. The van der Waals surface area contributed by atoms with Gasteiger partial charge in [0.15, 0.2) is 0 Å². The summed E-state index contributed by atoms with van der Waals surface area (Å²) in [6.07, 6.45) is 10.2. The molecule has 3 aromatic heterocycles. The fraction of sp³-hybridized carbons (Fsp3) is 0.458. The van der Waals surface area contributed by atoms with Gasteiger partial charge in [0.2, 0.25) is 11.8 Å². The second-order valence-electron chi connectivity index (χ2n) is 17.0. The Balaban J connectivity index is 1.06. The summed E-state index contributed by atoms with van der Waals surface area (Å²) in [6, 6.07) is 25.1. The molecule has 12 rings (SSSR count). The Labute approximate surface area is 340 Å². The van der Waals surface area contributed by atoms with Gasteiger partial charge in [-0.1, -0.05) is 38.8 Å². The number of hydrogen-bond acceptors (Lipinski definition) is 10. The molecule has 6 fully saturated rings. The van der Waals surface area contributed by atoms with E-state index in [2.05, 4.69) is 72.2 Å². The first-order chi connectivity index (χ1) is 28.5. The SMILES string of the molecule is CC[C@H]1CN2CCC1C[C@@H]2[C@@H](Oc1nnc(O[C@@H](c2ccnc3ccc(OC)cc23)[C@H]2C[C@H]3CCN2C[C@@H]3CC)c2ccccc12)c1ccnc2ccc(OC)cc12. The molecule has 3 aromatic carbocycles. The van der Waals surface area contributed by atoms with Gasteiger partial charge in [-0.3, -0.25) is 19.8 Å². The van der Waals surface area contributed by atoms with Crippen molar-refractivity contribution in [2.45, 2.75) is 76.7 Å². The van der Waals surface area contributed by atoms with Crippen LogP contribution >= 0.6 is 0 Å². The molecule has 0 saturated carbocycles. The lowest BCUT2D eigenvalue weighted by Gasteiger charge is -2.52. The number of ether oxygens (including phenoxy) is 4. The summed E-state index contributed by atoms with van der Waals surface area (Å²) in [6.45, 7) is 9.00. The van der Waals surface area contributed by atoms with E-state index >= 15 is 0 Å². The van der Waals surface area contributed by atoms with Crippen LogP contribution in [0.3, 0.4) is 0 Å². The van der Waals surface area contributed by atoms with Gasteiger partial charge in [-0.05, 0) is 123 Å². The Morgan fingerprint density at radius 2 is 1.07 bits per heavy atom. The van der Waals surface area contributed by atoms with Crippen molar-refractivity contribution in [2.75, 3.05) is 40.4 Å². The maximum Gasteiger partial charge on any atom is 0.242 e. The van der Waals surface area contributed by atoms with Crippen molar-refractivity contribution in [1.29, 1.82) is 0 Å².